The first-order valence-electron chi connectivity index (χ1n) is 6.88. The van der Waals surface area contributed by atoms with Gasteiger partial charge in [0, 0.05) is 25.8 Å². The summed E-state index contributed by atoms with van der Waals surface area (Å²) in [5.74, 6) is -0.686. The minimum absolute atomic E-state index is 0.220. The lowest BCUT2D eigenvalue weighted by Gasteiger charge is -2.36. The Morgan fingerprint density at radius 1 is 1.30 bits per heavy atom. The Labute approximate surface area is 117 Å². The number of carbonyl (C=O) groups excluding carboxylic acids is 2. The first-order chi connectivity index (χ1) is 9.49. The molecule has 1 aromatic carbocycles. The van der Waals surface area contributed by atoms with E-state index in [-0.39, 0.29) is 12.0 Å². The monoisotopic (exact) mass is 274 g/mol. The summed E-state index contributed by atoms with van der Waals surface area (Å²) in [4.78, 5) is 27.0. The number of rotatable bonds is 1. The molecule has 3 rings (SSSR count). The Balaban J connectivity index is 1.91. The molecular formula is C15H18N2O3. The van der Waals surface area contributed by atoms with E-state index >= 15 is 0 Å². The number of Topliss-reactive ketones (excluding diaryl/α,β-unsaturated/α-hetero) is 1. The van der Waals surface area contributed by atoms with Crippen LogP contribution < -0.4 is 9.80 Å². The summed E-state index contributed by atoms with van der Waals surface area (Å²) in [5.41, 5.74) is 2.15. The summed E-state index contributed by atoms with van der Waals surface area (Å²) in [6.45, 7) is 3.60. The molecule has 1 aromatic rings. The molecule has 1 N–H and O–H groups in total. The van der Waals surface area contributed by atoms with E-state index < -0.39 is 11.7 Å². The topological polar surface area (TPSA) is 60.9 Å². The smallest absolute Gasteiger partial charge is 0.299 e. The van der Waals surface area contributed by atoms with Crippen LogP contribution in [0.4, 0.5) is 11.4 Å². The van der Waals surface area contributed by atoms with Gasteiger partial charge in [-0.3, -0.25) is 9.59 Å². The molecule has 1 fully saturated rings. The summed E-state index contributed by atoms with van der Waals surface area (Å²) in [7, 11) is 1.62. The zero-order chi connectivity index (χ0) is 14.4. The van der Waals surface area contributed by atoms with Gasteiger partial charge in [-0.1, -0.05) is 6.92 Å². The van der Waals surface area contributed by atoms with Gasteiger partial charge in [-0.25, -0.2) is 0 Å². The third-order valence-electron chi connectivity index (χ3n) is 4.31. The molecule has 0 radical (unpaired) electrons. The molecule has 106 valence electrons. The Bertz CT molecular complexity index is 584. The van der Waals surface area contributed by atoms with Crippen molar-refractivity contribution in [3.8, 4) is 0 Å². The van der Waals surface area contributed by atoms with E-state index in [0.29, 0.717) is 11.3 Å². The molecule has 2 unspecified atom stereocenters. The number of fused-ring (bicyclic) bond motifs is 1. The van der Waals surface area contributed by atoms with Gasteiger partial charge >= 0.3 is 0 Å². The van der Waals surface area contributed by atoms with Crippen molar-refractivity contribution in [2.75, 3.05) is 29.9 Å². The molecule has 0 saturated carbocycles. The molecule has 1 amide bonds. The predicted octanol–water partition coefficient (Wildman–Crippen LogP) is 1.05. The van der Waals surface area contributed by atoms with E-state index in [1.807, 2.05) is 19.1 Å². The number of benzene rings is 1. The summed E-state index contributed by atoms with van der Waals surface area (Å²) in [5, 5.41) is 9.78. The highest BCUT2D eigenvalue weighted by molar-refractivity contribution is 6.52. The molecule has 1 saturated heterocycles. The SMILES string of the molecule is CC1CN(c2ccc3c(c2)N(C)C(=O)C3=O)CCC1O. The van der Waals surface area contributed by atoms with Crippen molar-refractivity contribution in [2.45, 2.75) is 19.4 Å². The van der Waals surface area contributed by atoms with E-state index in [9.17, 15) is 14.7 Å². The lowest BCUT2D eigenvalue weighted by molar-refractivity contribution is -0.114. The van der Waals surface area contributed by atoms with Crippen molar-refractivity contribution in [3.63, 3.8) is 0 Å². The van der Waals surface area contributed by atoms with Crippen LogP contribution in [0.2, 0.25) is 0 Å². The van der Waals surface area contributed by atoms with Crippen LogP contribution in [0.15, 0.2) is 18.2 Å². The van der Waals surface area contributed by atoms with Crippen LogP contribution in [0, 0.1) is 5.92 Å². The van der Waals surface area contributed by atoms with Crippen LogP contribution in [0.1, 0.15) is 23.7 Å². The lowest BCUT2D eigenvalue weighted by Crippen LogP contribution is -2.42. The maximum atomic E-state index is 11.8. The fraction of sp³-hybridized carbons (Fsp3) is 0.467. The fourth-order valence-corrected chi connectivity index (χ4v) is 2.93. The number of carbonyl (C=O) groups is 2. The Morgan fingerprint density at radius 2 is 2.05 bits per heavy atom. The first-order valence-corrected chi connectivity index (χ1v) is 6.88. The van der Waals surface area contributed by atoms with Gasteiger partial charge in [0.25, 0.3) is 11.7 Å². The van der Waals surface area contributed by atoms with E-state index in [2.05, 4.69) is 4.90 Å². The number of nitrogens with zero attached hydrogens (tertiary/aromatic N) is 2. The number of piperidine rings is 1. The van der Waals surface area contributed by atoms with Crippen molar-refractivity contribution in [1.82, 2.24) is 0 Å². The van der Waals surface area contributed by atoms with Crippen LogP contribution in [0.25, 0.3) is 0 Å². The number of aliphatic hydroxyl groups is 1. The van der Waals surface area contributed by atoms with Gasteiger partial charge in [0.1, 0.15) is 0 Å². The predicted molar refractivity (Wildman–Crippen MR) is 76.2 cm³/mol. The maximum Gasteiger partial charge on any atom is 0.299 e. The number of hydrogen-bond acceptors (Lipinski definition) is 4. The molecule has 5 nitrogen and oxygen atoms in total. The van der Waals surface area contributed by atoms with Crippen LogP contribution in [0.5, 0.6) is 0 Å². The molecule has 2 atom stereocenters. The molecular weight excluding hydrogens is 256 g/mol. The number of hydrogen-bond donors (Lipinski definition) is 1. The van der Waals surface area contributed by atoms with Gasteiger partial charge in [0.2, 0.25) is 0 Å². The summed E-state index contributed by atoms with van der Waals surface area (Å²) < 4.78 is 0. The third kappa shape index (κ3) is 1.89. The number of likely N-dealkylation sites (N-methyl/N-ethyl adjacent to an activating group) is 1. The summed E-state index contributed by atoms with van der Waals surface area (Å²) in [6.07, 6.45) is 0.498. The zero-order valence-corrected chi connectivity index (χ0v) is 11.7. The number of amides is 1. The van der Waals surface area contributed by atoms with Crippen molar-refractivity contribution in [1.29, 1.82) is 0 Å². The second-order valence-corrected chi connectivity index (χ2v) is 5.67. The first kappa shape index (κ1) is 13.1. The van der Waals surface area contributed by atoms with Gasteiger partial charge in [-0.15, -0.1) is 0 Å². The van der Waals surface area contributed by atoms with Crippen LogP contribution in [0.3, 0.4) is 0 Å². The molecule has 0 spiro atoms. The highest BCUT2D eigenvalue weighted by Crippen LogP contribution is 2.33. The number of ketones is 1. The van der Waals surface area contributed by atoms with Gasteiger partial charge in [0.15, 0.2) is 0 Å². The average Bonchev–Trinajstić information content (AvgIpc) is 2.66. The van der Waals surface area contributed by atoms with Crippen molar-refractivity contribution < 1.29 is 14.7 Å². The lowest BCUT2D eigenvalue weighted by atomic mass is 9.96. The van der Waals surface area contributed by atoms with Crippen LogP contribution >= 0.6 is 0 Å². The van der Waals surface area contributed by atoms with Gasteiger partial charge < -0.3 is 14.9 Å². The van der Waals surface area contributed by atoms with Gasteiger partial charge in [-0.05, 0) is 30.5 Å². The molecule has 2 aliphatic rings. The standard InChI is InChI=1S/C15H18N2O3/c1-9-8-17(6-5-13(9)18)10-3-4-11-12(7-10)16(2)15(20)14(11)19/h3-4,7,9,13,18H,5-6,8H2,1-2H3. The largest absolute Gasteiger partial charge is 0.393 e. The molecule has 5 heteroatoms. The highest BCUT2D eigenvalue weighted by atomic mass is 16.3. The second kappa shape index (κ2) is 4.59. The van der Waals surface area contributed by atoms with Gasteiger partial charge in [0.05, 0.1) is 17.4 Å². The normalized spacial score (nSPS) is 26.1. The average molecular weight is 274 g/mol. The van der Waals surface area contributed by atoms with Gasteiger partial charge in [-0.2, -0.15) is 0 Å². The third-order valence-corrected chi connectivity index (χ3v) is 4.31. The Hall–Kier alpha value is -1.88. The highest BCUT2D eigenvalue weighted by Gasteiger charge is 2.34. The zero-order valence-electron chi connectivity index (χ0n) is 11.7. The quantitative estimate of drug-likeness (QED) is 0.778. The summed E-state index contributed by atoms with van der Waals surface area (Å²) in [6, 6.07) is 5.50. The molecule has 2 aliphatic heterocycles. The second-order valence-electron chi connectivity index (χ2n) is 5.67. The Kier molecular flexibility index (Phi) is 3.01. The van der Waals surface area contributed by atoms with Crippen molar-refractivity contribution in [2.24, 2.45) is 5.92 Å². The van der Waals surface area contributed by atoms with E-state index in [1.165, 1.54) is 4.90 Å². The van der Waals surface area contributed by atoms with E-state index in [4.69, 9.17) is 0 Å². The molecule has 2 heterocycles. The minimum Gasteiger partial charge on any atom is -0.393 e. The van der Waals surface area contributed by atoms with Crippen LogP contribution in [-0.4, -0.2) is 43.0 Å². The Morgan fingerprint density at radius 3 is 2.75 bits per heavy atom. The molecule has 0 aliphatic carbocycles. The number of aliphatic hydroxyl groups excluding tert-OH is 1. The maximum absolute atomic E-state index is 11.8. The number of anilines is 2. The van der Waals surface area contributed by atoms with E-state index in [1.54, 1.807) is 13.1 Å². The fourth-order valence-electron chi connectivity index (χ4n) is 2.93. The molecule has 0 bridgehead atoms. The summed E-state index contributed by atoms with van der Waals surface area (Å²) >= 11 is 0. The van der Waals surface area contributed by atoms with Crippen molar-refractivity contribution >= 4 is 23.1 Å². The van der Waals surface area contributed by atoms with Crippen molar-refractivity contribution in [3.05, 3.63) is 23.8 Å². The van der Waals surface area contributed by atoms with Crippen LogP contribution in [-0.2, 0) is 4.79 Å². The molecule has 20 heavy (non-hydrogen) atoms. The van der Waals surface area contributed by atoms with E-state index in [0.717, 1.165) is 25.2 Å². The molecule has 0 aromatic heterocycles. The minimum atomic E-state index is -0.473.